The van der Waals surface area contributed by atoms with Crippen molar-refractivity contribution in [2.24, 2.45) is 17.1 Å². The molecule has 0 atom stereocenters. The lowest BCUT2D eigenvalue weighted by Gasteiger charge is -2.47. The highest BCUT2D eigenvalue weighted by molar-refractivity contribution is 6.38. The second-order valence-corrected chi connectivity index (χ2v) is 10.5. The van der Waals surface area contributed by atoms with Gasteiger partial charge < -0.3 is 20.0 Å². The number of benzene rings is 1. The number of carbonyl (C=O) groups excluding carboxylic acids is 3. The maximum atomic E-state index is 13.7. The number of halogens is 4. The second-order valence-electron chi connectivity index (χ2n) is 10.1. The number of alkyl halides is 3. The van der Waals surface area contributed by atoms with Crippen molar-refractivity contribution in [3.63, 3.8) is 0 Å². The number of carbonyl (C=O) groups is 3. The van der Waals surface area contributed by atoms with Crippen LogP contribution >= 0.6 is 11.6 Å². The van der Waals surface area contributed by atoms with Crippen molar-refractivity contribution in [1.82, 2.24) is 9.80 Å². The minimum atomic E-state index is -4.65. The largest absolute Gasteiger partial charge is 0.449 e. The van der Waals surface area contributed by atoms with Gasteiger partial charge in [-0.05, 0) is 56.2 Å². The van der Waals surface area contributed by atoms with Gasteiger partial charge in [0.05, 0.1) is 16.0 Å². The van der Waals surface area contributed by atoms with E-state index in [4.69, 9.17) is 21.8 Å². The van der Waals surface area contributed by atoms with Gasteiger partial charge in [-0.15, -0.1) is 0 Å². The first-order valence-corrected chi connectivity index (χ1v) is 12.0. The predicted octanol–water partition coefficient (Wildman–Crippen LogP) is 4.17. The molecule has 2 saturated heterocycles. The van der Waals surface area contributed by atoms with Gasteiger partial charge in [0.2, 0.25) is 17.6 Å². The molecule has 0 radical (unpaired) electrons. The van der Waals surface area contributed by atoms with Crippen LogP contribution in [0, 0.1) is 11.3 Å². The number of piperidine rings is 1. The van der Waals surface area contributed by atoms with Crippen LogP contribution in [0.5, 0.6) is 0 Å². The van der Waals surface area contributed by atoms with Crippen LogP contribution < -0.4 is 5.73 Å². The summed E-state index contributed by atoms with van der Waals surface area (Å²) in [6, 6.07) is 2.67. The molecule has 1 aromatic carbocycles. The van der Waals surface area contributed by atoms with Crippen LogP contribution in [0.15, 0.2) is 16.5 Å². The number of primary amides is 1. The Hall–Kier alpha value is -2.75. The molecule has 3 fully saturated rings. The van der Waals surface area contributed by atoms with E-state index in [1.165, 1.54) is 4.90 Å². The van der Waals surface area contributed by atoms with E-state index in [0.717, 1.165) is 18.9 Å². The van der Waals surface area contributed by atoms with Gasteiger partial charge in [-0.25, -0.2) is 0 Å². The van der Waals surface area contributed by atoms with E-state index in [1.54, 1.807) is 17.9 Å². The fourth-order valence-corrected chi connectivity index (χ4v) is 5.29. The Morgan fingerprint density at radius 2 is 1.71 bits per heavy atom. The molecule has 35 heavy (non-hydrogen) atoms. The third kappa shape index (κ3) is 4.15. The van der Waals surface area contributed by atoms with E-state index in [0.29, 0.717) is 18.4 Å². The van der Waals surface area contributed by atoms with Crippen molar-refractivity contribution in [1.29, 1.82) is 0 Å². The van der Waals surface area contributed by atoms with Crippen LogP contribution in [-0.4, -0.2) is 53.7 Å². The first-order valence-electron chi connectivity index (χ1n) is 11.6. The smallest absolute Gasteiger partial charge is 0.420 e. The number of likely N-dealkylation sites (tertiary alicyclic amines) is 2. The molecule has 11 heteroatoms. The van der Waals surface area contributed by atoms with Crippen LogP contribution in [0.4, 0.5) is 13.2 Å². The van der Waals surface area contributed by atoms with E-state index < -0.39 is 34.6 Å². The lowest BCUT2D eigenvalue weighted by molar-refractivity contribution is -0.154. The fraction of sp³-hybridized carbons (Fsp3) is 0.542. The van der Waals surface area contributed by atoms with E-state index in [9.17, 15) is 27.6 Å². The Labute approximate surface area is 204 Å². The quantitative estimate of drug-likeness (QED) is 0.666. The molecule has 2 aliphatic heterocycles. The monoisotopic (exact) mass is 511 g/mol. The summed E-state index contributed by atoms with van der Waals surface area (Å²) in [7, 11) is 0. The Balaban J connectivity index is 1.31. The number of fused-ring (bicyclic) bond motifs is 1. The van der Waals surface area contributed by atoms with Gasteiger partial charge in [0, 0.05) is 37.5 Å². The average Bonchev–Trinajstić information content (AvgIpc) is 3.58. The lowest BCUT2D eigenvalue weighted by atomic mass is 9.80. The zero-order valence-electron chi connectivity index (χ0n) is 19.1. The van der Waals surface area contributed by atoms with Gasteiger partial charge in [0.1, 0.15) is 5.58 Å². The SMILES string of the molecule is CC1(C(N)=O)CN(C(=O)C2CCN(C(=O)c3oc4c(C(F)(F)F)cc(C5CC5)cc4c3Cl)CC2)C1. The average molecular weight is 512 g/mol. The summed E-state index contributed by atoms with van der Waals surface area (Å²) in [6.45, 7) is 2.75. The van der Waals surface area contributed by atoms with Gasteiger partial charge in [0.15, 0.2) is 0 Å². The molecular weight excluding hydrogens is 487 g/mol. The zero-order chi connectivity index (χ0) is 25.3. The minimum absolute atomic E-state index is 0.0643. The van der Waals surface area contributed by atoms with Crippen molar-refractivity contribution in [3.05, 3.63) is 34.0 Å². The van der Waals surface area contributed by atoms with E-state index in [-0.39, 0.29) is 60.1 Å². The van der Waals surface area contributed by atoms with Crippen LogP contribution in [-0.2, 0) is 15.8 Å². The molecule has 7 nitrogen and oxygen atoms in total. The number of nitrogens with zero attached hydrogens (tertiary/aromatic N) is 2. The van der Waals surface area contributed by atoms with Crippen LogP contribution in [0.1, 0.15) is 60.2 Å². The molecule has 5 rings (SSSR count). The van der Waals surface area contributed by atoms with Gasteiger partial charge >= 0.3 is 6.18 Å². The van der Waals surface area contributed by atoms with E-state index in [2.05, 4.69) is 0 Å². The Morgan fingerprint density at radius 3 is 2.26 bits per heavy atom. The van der Waals surface area contributed by atoms with Gasteiger partial charge in [-0.1, -0.05) is 11.6 Å². The number of nitrogens with two attached hydrogens (primary N) is 1. The van der Waals surface area contributed by atoms with Crippen LogP contribution in [0.2, 0.25) is 5.02 Å². The first-order chi connectivity index (χ1) is 16.4. The normalized spacial score (nSPS) is 20.7. The maximum absolute atomic E-state index is 13.7. The Bertz CT molecular complexity index is 1220. The number of hydrogen-bond donors (Lipinski definition) is 1. The summed E-state index contributed by atoms with van der Waals surface area (Å²) < 4.78 is 46.6. The van der Waals surface area contributed by atoms with Crippen molar-refractivity contribution in [2.45, 2.75) is 44.7 Å². The summed E-state index contributed by atoms with van der Waals surface area (Å²) in [5, 5.41) is -0.0328. The summed E-state index contributed by atoms with van der Waals surface area (Å²) in [5.41, 5.74) is 3.85. The van der Waals surface area contributed by atoms with Crippen LogP contribution in [0.3, 0.4) is 0 Å². The highest BCUT2D eigenvalue weighted by Crippen LogP contribution is 2.47. The molecular formula is C24H25ClF3N3O4. The van der Waals surface area contributed by atoms with Gasteiger partial charge in [-0.2, -0.15) is 13.2 Å². The molecule has 3 amide bonds. The van der Waals surface area contributed by atoms with Gasteiger partial charge in [-0.3, -0.25) is 14.4 Å². The van der Waals surface area contributed by atoms with Crippen molar-refractivity contribution in [2.75, 3.05) is 26.2 Å². The number of hydrogen-bond acceptors (Lipinski definition) is 4. The molecule has 3 heterocycles. The molecule has 0 unspecified atom stereocenters. The number of rotatable bonds is 4. The topological polar surface area (TPSA) is 96.9 Å². The molecule has 3 aliphatic rings. The van der Waals surface area contributed by atoms with Crippen LogP contribution in [0.25, 0.3) is 11.0 Å². The molecule has 2 aromatic rings. The standard InChI is InChI=1S/C24H25ClF3N3O4/c1-23(22(29)34)10-31(11-23)20(32)13-4-6-30(7-5-13)21(33)19-17(25)15-8-14(12-2-3-12)9-16(18(15)35-19)24(26,27)28/h8-9,12-13H,2-7,10-11H2,1H3,(H2,29,34). The van der Waals surface area contributed by atoms with E-state index in [1.807, 2.05) is 0 Å². The summed E-state index contributed by atoms with van der Waals surface area (Å²) in [6.07, 6.45) is -2.23. The summed E-state index contributed by atoms with van der Waals surface area (Å²) in [5.74, 6) is -1.68. The summed E-state index contributed by atoms with van der Waals surface area (Å²) in [4.78, 5) is 40.4. The van der Waals surface area contributed by atoms with Crippen molar-refractivity contribution < 1.29 is 32.0 Å². The highest BCUT2D eigenvalue weighted by Gasteiger charge is 2.47. The molecule has 1 aromatic heterocycles. The third-order valence-corrected chi connectivity index (χ3v) is 7.79. The number of furan rings is 1. The molecule has 188 valence electrons. The molecule has 0 spiro atoms. The van der Waals surface area contributed by atoms with E-state index >= 15 is 0 Å². The Kier molecular flexibility index (Phi) is 5.58. The molecule has 1 aliphatic carbocycles. The lowest BCUT2D eigenvalue weighted by Crippen LogP contribution is -2.63. The fourth-order valence-electron chi connectivity index (χ4n) is 5.03. The molecule has 2 N–H and O–H groups in total. The zero-order valence-corrected chi connectivity index (χ0v) is 19.8. The maximum Gasteiger partial charge on any atom is 0.420 e. The highest BCUT2D eigenvalue weighted by atomic mass is 35.5. The third-order valence-electron chi connectivity index (χ3n) is 7.42. The Morgan fingerprint density at radius 1 is 1.09 bits per heavy atom. The van der Waals surface area contributed by atoms with Gasteiger partial charge in [0.25, 0.3) is 5.91 Å². The van der Waals surface area contributed by atoms with Crippen molar-refractivity contribution in [3.8, 4) is 0 Å². The first kappa shape index (κ1) is 24.0. The molecule has 0 bridgehead atoms. The predicted molar refractivity (Wildman–Crippen MR) is 121 cm³/mol. The second kappa shape index (κ2) is 8.15. The minimum Gasteiger partial charge on any atom is -0.449 e. The number of amides is 3. The molecule has 1 saturated carbocycles. The van der Waals surface area contributed by atoms with Crippen molar-refractivity contribution >= 4 is 40.3 Å². The summed E-state index contributed by atoms with van der Waals surface area (Å²) >= 11 is 6.38.